The van der Waals surface area contributed by atoms with Crippen molar-refractivity contribution in [2.45, 2.75) is 13.8 Å². The fourth-order valence-corrected chi connectivity index (χ4v) is 3.47. The van der Waals surface area contributed by atoms with Crippen molar-refractivity contribution in [3.63, 3.8) is 0 Å². The quantitative estimate of drug-likeness (QED) is 0.647. The lowest BCUT2D eigenvalue weighted by atomic mass is 10.1. The number of carbonyl (C=O) groups is 1. The number of hydrogen-bond donors (Lipinski definition) is 1. The third kappa shape index (κ3) is 3.94. The number of aromatic nitrogens is 2. The number of carbonyl (C=O) groups excluding carboxylic acids is 1. The van der Waals surface area contributed by atoms with Crippen LogP contribution < -0.4 is 10.1 Å². The number of rotatable bonds is 7. The van der Waals surface area contributed by atoms with Gasteiger partial charge in [0.25, 0.3) is 0 Å². The van der Waals surface area contributed by atoms with Gasteiger partial charge in [0.15, 0.2) is 17.4 Å². The summed E-state index contributed by atoms with van der Waals surface area (Å²) in [6.45, 7) is 4.48. The first kappa shape index (κ1) is 18.3. The molecule has 6 nitrogen and oxygen atoms in total. The number of ether oxygens (including phenoxy) is 1. The number of benzene rings is 1. The van der Waals surface area contributed by atoms with Crippen LogP contribution >= 0.6 is 11.3 Å². The van der Waals surface area contributed by atoms with E-state index in [1.807, 2.05) is 55.6 Å². The summed E-state index contributed by atoms with van der Waals surface area (Å²) in [5.41, 5.74) is 2.65. The number of Topliss-reactive ketones (excluding diaryl/α,β-unsaturated/α-hetero) is 1. The van der Waals surface area contributed by atoms with Crippen LogP contribution in [0.2, 0.25) is 0 Å². The number of aliphatic imine (C=N–C) groups is 1. The molecule has 0 saturated heterocycles. The fourth-order valence-electron chi connectivity index (χ4n) is 2.70. The summed E-state index contributed by atoms with van der Waals surface area (Å²) in [5.74, 6) is 2.01. The van der Waals surface area contributed by atoms with Gasteiger partial charge in [0.1, 0.15) is 12.4 Å². The van der Waals surface area contributed by atoms with Gasteiger partial charge in [-0.2, -0.15) is 0 Å². The van der Waals surface area contributed by atoms with Crippen LogP contribution in [0.1, 0.15) is 13.8 Å². The predicted molar refractivity (Wildman–Crippen MR) is 113 cm³/mol. The van der Waals surface area contributed by atoms with Gasteiger partial charge in [-0.05, 0) is 29.7 Å². The van der Waals surface area contributed by atoms with E-state index in [2.05, 4.69) is 15.3 Å². The molecule has 0 aliphatic carbocycles. The van der Waals surface area contributed by atoms with E-state index in [-0.39, 0.29) is 18.3 Å². The molecule has 28 heavy (non-hydrogen) atoms. The first-order valence-corrected chi connectivity index (χ1v) is 9.96. The smallest absolute Gasteiger partial charge is 0.172 e. The number of nitrogens with zero attached hydrogens (tertiary/aromatic N) is 3. The van der Waals surface area contributed by atoms with Gasteiger partial charge in [0, 0.05) is 17.7 Å². The zero-order valence-corrected chi connectivity index (χ0v) is 16.5. The van der Waals surface area contributed by atoms with Gasteiger partial charge in [-0.3, -0.25) is 9.79 Å². The molecule has 1 aromatic carbocycles. The zero-order valence-electron chi connectivity index (χ0n) is 15.7. The zero-order chi connectivity index (χ0) is 19.5. The lowest BCUT2D eigenvalue weighted by Gasteiger charge is -2.10. The third-order valence-corrected chi connectivity index (χ3v) is 5.24. The maximum Gasteiger partial charge on any atom is 0.172 e. The first-order chi connectivity index (χ1) is 13.6. The third-order valence-electron chi connectivity index (χ3n) is 4.33. The highest BCUT2D eigenvalue weighted by Crippen LogP contribution is 2.31. The lowest BCUT2D eigenvalue weighted by molar-refractivity contribution is -0.123. The standard InChI is InChI=1S/C21H20N4O2S/c1-13(2)18(26)12-27-16-5-3-4-14(10-16)20-24-17-7-9-28-19(17)21(25-20)23-15-6-8-22-11-15/h3-7,9-11,13H,8,12H2,1-2H3,(H,23,24,25). The average molecular weight is 392 g/mol. The van der Waals surface area contributed by atoms with Crippen molar-refractivity contribution in [3.05, 3.63) is 47.5 Å². The monoisotopic (exact) mass is 392 g/mol. The molecule has 3 aromatic rings. The van der Waals surface area contributed by atoms with Crippen molar-refractivity contribution >= 4 is 39.4 Å². The molecule has 0 atom stereocenters. The van der Waals surface area contributed by atoms with Crippen molar-refractivity contribution in [3.8, 4) is 17.1 Å². The van der Waals surface area contributed by atoms with Crippen LogP contribution in [0, 0.1) is 5.92 Å². The molecule has 0 radical (unpaired) electrons. The molecular formula is C21H20N4O2S. The maximum absolute atomic E-state index is 11.8. The second kappa shape index (κ2) is 7.90. The highest BCUT2D eigenvalue weighted by Gasteiger charge is 2.13. The summed E-state index contributed by atoms with van der Waals surface area (Å²) >= 11 is 1.60. The molecule has 0 amide bonds. The number of allylic oxidation sites excluding steroid dienone is 1. The minimum absolute atomic E-state index is 0.0467. The Labute approximate surface area is 167 Å². The fraction of sp³-hybridized carbons (Fsp3) is 0.238. The van der Waals surface area contributed by atoms with Crippen LogP contribution in [0.3, 0.4) is 0 Å². The van der Waals surface area contributed by atoms with Gasteiger partial charge >= 0.3 is 0 Å². The number of fused-ring (bicyclic) bond motifs is 1. The van der Waals surface area contributed by atoms with Crippen LogP contribution in [0.4, 0.5) is 5.82 Å². The second-order valence-corrected chi connectivity index (χ2v) is 7.66. The van der Waals surface area contributed by atoms with Crippen LogP contribution in [0.15, 0.2) is 52.5 Å². The molecule has 1 aliphatic rings. The Hall–Kier alpha value is -3.06. The molecule has 0 fully saturated rings. The number of hydrogen-bond acceptors (Lipinski definition) is 7. The van der Waals surface area contributed by atoms with E-state index < -0.39 is 0 Å². The lowest BCUT2D eigenvalue weighted by Crippen LogP contribution is -2.16. The largest absolute Gasteiger partial charge is 0.486 e. The van der Waals surface area contributed by atoms with Crippen LogP contribution in [0.25, 0.3) is 21.6 Å². The van der Waals surface area contributed by atoms with E-state index >= 15 is 0 Å². The highest BCUT2D eigenvalue weighted by molar-refractivity contribution is 7.17. The van der Waals surface area contributed by atoms with Crippen LogP contribution in [-0.2, 0) is 4.79 Å². The van der Waals surface area contributed by atoms with E-state index in [0.29, 0.717) is 18.1 Å². The molecule has 1 N–H and O–H groups in total. The van der Waals surface area contributed by atoms with Crippen molar-refractivity contribution in [2.24, 2.45) is 10.9 Å². The average Bonchev–Trinajstić information content (AvgIpc) is 3.38. The van der Waals surface area contributed by atoms with Crippen molar-refractivity contribution in [1.82, 2.24) is 9.97 Å². The van der Waals surface area contributed by atoms with Crippen LogP contribution in [0.5, 0.6) is 5.75 Å². The molecule has 0 spiro atoms. The summed E-state index contributed by atoms with van der Waals surface area (Å²) < 4.78 is 6.66. The Kier molecular flexibility index (Phi) is 5.16. The molecular weight excluding hydrogens is 372 g/mol. The molecule has 7 heteroatoms. The Morgan fingerprint density at radius 1 is 1.29 bits per heavy atom. The number of thiophene rings is 1. The SMILES string of the molecule is CC(C)C(=O)COc1cccc(-c2nc(NC3=CCN=C3)c3sccc3n2)c1. The summed E-state index contributed by atoms with van der Waals surface area (Å²) in [6.07, 6.45) is 3.82. The van der Waals surface area contributed by atoms with Crippen molar-refractivity contribution in [2.75, 3.05) is 18.5 Å². The van der Waals surface area contributed by atoms with Gasteiger partial charge < -0.3 is 10.1 Å². The normalized spacial score (nSPS) is 13.2. The van der Waals surface area contributed by atoms with E-state index in [1.165, 1.54) is 0 Å². The molecule has 3 heterocycles. The highest BCUT2D eigenvalue weighted by atomic mass is 32.1. The van der Waals surface area contributed by atoms with Crippen LogP contribution in [-0.4, -0.2) is 35.1 Å². The van der Waals surface area contributed by atoms with E-state index in [0.717, 1.165) is 27.3 Å². The predicted octanol–water partition coefficient (Wildman–Crippen LogP) is 4.34. The molecule has 0 unspecified atom stereocenters. The maximum atomic E-state index is 11.8. The number of nitrogens with one attached hydrogen (secondary N) is 1. The molecule has 142 valence electrons. The van der Waals surface area contributed by atoms with Gasteiger partial charge in [-0.25, -0.2) is 9.97 Å². The molecule has 2 aromatic heterocycles. The molecule has 1 aliphatic heterocycles. The second-order valence-electron chi connectivity index (χ2n) is 6.75. The Bertz CT molecular complexity index is 1080. The Morgan fingerprint density at radius 2 is 2.18 bits per heavy atom. The van der Waals surface area contributed by atoms with Gasteiger partial charge in [0.2, 0.25) is 0 Å². The van der Waals surface area contributed by atoms with Crippen molar-refractivity contribution < 1.29 is 9.53 Å². The Balaban J connectivity index is 1.64. The van der Waals surface area contributed by atoms with Gasteiger partial charge in [-0.15, -0.1) is 11.3 Å². The topological polar surface area (TPSA) is 76.5 Å². The van der Waals surface area contributed by atoms with Gasteiger partial charge in [-0.1, -0.05) is 26.0 Å². The number of ketones is 1. The summed E-state index contributed by atoms with van der Waals surface area (Å²) in [4.78, 5) is 25.5. The summed E-state index contributed by atoms with van der Waals surface area (Å²) in [7, 11) is 0. The van der Waals surface area contributed by atoms with E-state index in [1.54, 1.807) is 17.6 Å². The van der Waals surface area contributed by atoms with E-state index in [4.69, 9.17) is 9.72 Å². The summed E-state index contributed by atoms with van der Waals surface area (Å²) in [5, 5.41) is 5.34. The molecule has 0 bridgehead atoms. The Morgan fingerprint density at radius 3 is 2.96 bits per heavy atom. The molecule has 4 rings (SSSR count). The van der Waals surface area contributed by atoms with E-state index in [9.17, 15) is 4.79 Å². The number of anilines is 1. The summed E-state index contributed by atoms with van der Waals surface area (Å²) in [6, 6.07) is 9.49. The molecule has 0 saturated carbocycles. The minimum Gasteiger partial charge on any atom is -0.486 e. The minimum atomic E-state index is -0.0467. The van der Waals surface area contributed by atoms with Gasteiger partial charge in [0.05, 0.1) is 22.5 Å². The first-order valence-electron chi connectivity index (χ1n) is 9.08. The van der Waals surface area contributed by atoms with Crippen molar-refractivity contribution in [1.29, 1.82) is 0 Å².